The molecule has 2 rings (SSSR count). The maximum atomic E-state index is 5.95. The summed E-state index contributed by atoms with van der Waals surface area (Å²) in [5, 5.41) is 9.45. The van der Waals surface area contributed by atoms with Gasteiger partial charge in [0.1, 0.15) is 0 Å². The zero-order valence-corrected chi connectivity index (χ0v) is 13.2. The number of hydrogen-bond acceptors (Lipinski definition) is 4. The van der Waals surface area contributed by atoms with Crippen molar-refractivity contribution in [2.75, 3.05) is 0 Å². The molecule has 1 heterocycles. The Balaban J connectivity index is 1.93. The second kappa shape index (κ2) is 7.11. The summed E-state index contributed by atoms with van der Waals surface area (Å²) in [5.74, 6) is 1.94. The van der Waals surface area contributed by atoms with Crippen LogP contribution in [0.3, 0.4) is 0 Å². The van der Waals surface area contributed by atoms with E-state index < -0.39 is 0 Å². The maximum absolute atomic E-state index is 5.95. The third-order valence-electron chi connectivity index (χ3n) is 2.78. The van der Waals surface area contributed by atoms with Gasteiger partial charge in [-0.15, -0.1) is 10.2 Å². The van der Waals surface area contributed by atoms with Crippen LogP contribution in [-0.2, 0) is 5.75 Å². The quantitative estimate of drug-likeness (QED) is 0.831. The van der Waals surface area contributed by atoms with Crippen LogP contribution in [0.5, 0.6) is 0 Å². The highest BCUT2D eigenvalue weighted by Gasteiger charge is 2.19. The molecule has 0 spiro atoms. The minimum atomic E-state index is 0.0584. The molecule has 1 atom stereocenters. The van der Waals surface area contributed by atoms with Crippen molar-refractivity contribution >= 4 is 23.4 Å². The van der Waals surface area contributed by atoms with Crippen LogP contribution < -0.4 is 5.73 Å². The highest BCUT2D eigenvalue weighted by Crippen LogP contribution is 2.25. The maximum Gasteiger partial charge on any atom is 0.277 e. The first-order chi connectivity index (χ1) is 9.54. The molecule has 0 amide bonds. The number of hydrogen-bond donors (Lipinski definition) is 1. The number of halogens is 1. The smallest absolute Gasteiger partial charge is 0.277 e. The van der Waals surface area contributed by atoms with Crippen molar-refractivity contribution in [3.05, 3.63) is 40.7 Å². The number of nitrogens with zero attached hydrogens (tertiary/aromatic N) is 2. The lowest BCUT2D eigenvalue weighted by Crippen LogP contribution is -2.54. The Bertz CT molecular complexity index is 559. The van der Waals surface area contributed by atoms with Gasteiger partial charge in [-0.2, -0.15) is 0 Å². The number of rotatable bonds is 6. The lowest BCUT2D eigenvalue weighted by molar-refractivity contribution is -0.435. The Kier molecular flexibility index (Phi) is 5.46. The predicted octanol–water partition coefficient (Wildman–Crippen LogP) is 3.34. The van der Waals surface area contributed by atoms with E-state index in [2.05, 4.69) is 29.8 Å². The summed E-state index contributed by atoms with van der Waals surface area (Å²) < 4.78 is 5.64. The van der Waals surface area contributed by atoms with Crippen molar-refractivity contribution in [2.24, 2.45) is 5.92 Å². The van der Waals surface area contributed by atoms with Gasteiger partial charge in [0.25, 0.3) is 11.1 Å². The Hall–Kier alpha value is -1.04. The van der Waals surface area contributed by atoms with Crippen LogP contribution in [0.4, 0.5) is 0 Å². The van der Waals surface area contributed by atoms with E-state index in [-0.39, 0.29) is 6.04 Å². The number of quaternary nitrogens is 1. The van der Waals surface area contributed by atoms with E-state index >= 15 is 0 Å². The molecule has 0 aliphatic carbocycles. The number of thioether (sulfide) groups is 1. The molecule has 2 aromatic rings. The molecule has 3 N–H and O–H groups in total. The van der Waals surface area contributed by atoms with Gasteiger partial charge in [-0.25, -0.2) is 0 Å². The Morgan fingerprint density at radius 3 is 2.85 bits per heavy atom. The van der Waals surface area contributed by atoms with Crippen LogP contribution in [0.1, 0.15) is 37.8 Å². The first kappa shape index (κ1) is 15.4. The number of aromatic nitrogens is 2. The molecule has 0 aliphatic rings. The van der Waals surface area contributed by atoms with E-state index in [1.165, 1.54) is 11.8 Å². The van der Waals surface area contributed by atoms with Crippen LogP contribution in [0.2, 0.25) is 5.02 Å². The molecular formula is C14H19ClN3OS+. The van der Waals surface area contributed by atoms with Gasteiger partial charge >= 0.3 is 0 Å². The predicted molar refractivity (Wildman–Crippen MR) is 80.4 cm³/mol. The normalized spacial score (nSPS) is 12.8. The van der Waals surface area contributed by atoms with Crippen molar-refractivity contribution in [1.82, 2.24) is 10.2 Å². The van der Waals surface area contributed by atoms with Crippen molar-refractivity contribution < 1.29 is 10.2 Å². The molecule has 0 saturated heterocycles. The monoisotopic (exact) mass is 312 g/mol. The average molecular weight is 313 g/mol. The van der Waals surface area contributed by atoms with Crippen LogP contribution >= 0.6 is 23.4 Å². The molecule has 4 nitrogen and oxygen atoms in total. The summed E-state index contributed by atoms with van der Waals surface area (Å²) in [7, 11) is 0. The first-order valence-electron chi connectivity index (χ1n) is 6.58. The zero-order valence-electron chi connectivity index (χ0n) is 11.7. The largest absolute Gasteiger partial charge is 0.410 e. The van der Waals surface area contributed by atoms with E-state index in [0.717, 1.165) is 22.8 Å². The van der Waals surface area contributed by atoms with E-state index in [1.54, 1.807) is 0 Å². The second-order valence-corrected chi connectivity index (χ2v) is 6.51. The fourth-order valence-electron chi connectivity index (χ4n) is 1.89. The highest BCUT2D eigenvalue weighted by molar-refractivity contribution is 7.98. The second-order valence-electron chi connectivity index (χ2n) is 5.15. The fraction of sp³-hybridized carbons (Fsp3) is 0.429. The van der Waals surface area contributed by atoms with Gasteiger partial charge in [0.2, 0.25) is 0 Å². The Labute approximate surface area is 128 Å². The summed E-state index contributed by atoms with van der Waals surface area (Å²) in [6, 6.07) is 7.82. The lowest BCUT2D eigenvalue weighted by Gasteiger charge is -2.05. The Morgan fingerprint density at radius 1 is 1.35 bits per heavy atom. The van der Waals surface area contributed by atoms with Gasteiger partial charge in [-0.3, -0.25) is 0 Å². The third-order valence-corrected chi connectivity index (χ3v) is 3.90. The molecule has 6 heteroatoms. The molecule has 0 bridgehead atoms. The van der Waals surface area contributed by atoms with Gasteiger partial charge in [0, 0.05) is 17.2 Å². The van der Waals surface area contributed by atoms with E-state index in [1.807, 2.05) is 24.3 Å². The van der Waals surface area contributed by atoms with Gasteiger partial charge in [0.15, 0.2) is 6.04 Å². The summed E-state index contributed by atoms with van der Waals surface area (Å²) in [6.45, 7) is 4.31. The van der Waals surface area contributed by atoms with Gasteiger partial charge in [-0.05, 0) is 23.6 Å². The van der Waals surface area contributed by atoms with Crippen LogP contribution in [-0.4, -0.2) is 10.2 Å². The molecule has 1 aromatic carbocycles. The number of benzene rings is 1. The van der Waals surface area contributed by atoms with Crippen LogP contribution in [0.15, 0.2) is 33.9 Å². The summed E-state index contributed by atoms with van der Waals surface area (Å²) in [6.07, 6.45) is 0.945. The summed E-state index contributed by atoms with van der Waals surface area (Å²) in [5.41, 5.74) is 5.20. The molecule has 1 aromatic heterocycles. The van der Waals surface area contributed by atoms with Gasteiger partial charge < -0.3 is 10.2 Å². The van der Waals surface area contributed by atoms with Crippen LogP contribution in [0, 0.1) is 5.92 Å². The topological polar surface area (TPSA) is 66.6 Å². The fourth-order valence-corrected chi connectivity index (χ4v) is 2.81. The molecule has 0 radical (unpaired) electrons. The molecule has 0 fully saturated rings. The SMILES string of the molecule is CC(C)C[C@H]([NH3+])c1nnc(SCc2cccc(Cl)c2)o1. The molecule has 0 aliphatic heterocycles. The standard InChI is InChI=1S/C14H18ClN3OS/c1-9(2)6-12(16)13-17-18-14(19-13)20-8-10-4-3-5-11(15)7-10/h3-5,7,9,12H,6,8,16H2,1-2H3/p+1/t12-/m0/s1. The minimum absolute atomic E-state index is 0.0584. The molecule has 0 unspecified atom stereocenters. The average Bonchev–Trinajstić information content (AvgIpc) is 2.84. The van der Waals surface area contributed by atoms with Gasteiger partial charge in [0.05, 0.1) is 0 Å². The third kappa shape index (κ3) is 4.51. The van der Waals surface area contributed by atoms with E-state index in [9.17, 15) is 0 Å². The zero-order chi connectivity index (χ0) is 14.5. The Morgan fingerprint density at radius 2 is 2.15 bits per heavy atom. The van der Waals surface area contributed by atoms with Gasteiger partial charge in [-0.1, -0.05) is 49.3 Å². The molecule has 108 valence electrons. The van der Waals surface area contributed by atoms with Crippen molar-refractivity contribution in [2.45, 2.75) is 37.3 Å². The van der Waals surface area contributed by atoms with E-state index in [4.69, 9.17) is 16.0 Å². The highest BCUT2D eigenvalue weighted by atomic mass is 35.5. The molecular weight excluding hydrogens is 294 g/mol. The minimum Gasteiger partial charge on any atom is -0.410 e. The summed E-state index contributed by atoms with van der Waals surface area (Å²) in [4.78, 5) is 0. The van der Waals surface area contributed by atoms with Crippen molar-refractivity contribution in [3.63, 3.8) is 0 Å². The summed E-state index contributed by atoms with van der Waals surface area (Å²) >= 11 is 7.46. The molecule has 0 saturated carbocycles. The van der Waals surface area contributed by atoms with Crippen molar-refractivity contribution in [3.8, 4) is 0 Å². The van der Waals surface area contributed by atoms with Crippen LogP contribution in [0.25, 0.3) is 0 Å². The van der Waals surface area contributed by atoms with Crippen molar-refractivity contribution in [1.29, 1.82) is 0 Å². The van der Waals surface area contributed by atoms with E-state index in [0.29, 0.717) is 17.0 Å². The first-order valence-corrected chi connectivity index (χ1v) is 7.94. The molecule has 20 heavy (non-hydrogen) atoms. The lowest BCUT2D eigenvalue weighted by atomic mass is 10.1.